The van der Waals surface area contributed by atoms with Crippen molar-refractivity contribution in [3.8, 4) is 0 Å². The average molecular weight is 228 g/mol. The summed E-state index contributed by atoms with van der Waals surface area (Å²) >= 11 is 0. The topological polar surface area (TPSA) is 43.8 Å². The molecule has 1 N–H and O–H groups in total. The minimum Gasteiger partial charge on any atom is -0.395 e. The molecule has 0 unspecified atom stereocenters. The second kappa shape index (κ2) is 6.86. The zero-order chi connectivity index (χ0) is 12.0. The van der Waals surface area contributed by atoms with Crippen molar-refractivity contribution >= 4 is 5.91 Å². The van der Waals surface area contributed by atoms with Gasteiger partial charge in [0.2, 0.25) is 5.91 Å². The largest absolute Gasteiger partial charge is 0.395 e. The van der Waals surface area contributed by atoms with Crippen molar-refractivity contribution in [1.29, 1.82) is 0 Å². The van der Waals surface area contributed by atoms with Crippen LogP contribution in [-0.2, 0) is 4.79 Å². The Labute approximate surface area is 98.2 Å². The van der Waals surface area contributed by atoms with E-state index in [0.29, 0.717) is 12.5 Å². The van der Waals surface area contributed by atoms with E-state index in [4.69, 9.17) is 5.11 Å². The summed E-state index contributed by atoms with van der Waals surface area (Å²) in [6, 6.07) is 0.654. The van der Waals surface area contributed by atoms with Crippen molar-refractivity contribution in [1.82, 2.24) is 9.80 Å². The van der Waals surface area contributed by atoms with E-state index in [-0.39, 0.29) is 12.5 Å². The van der Waals surface area contributed by atoms with Crippen molar-refractivity contribution in [3.05, 3.63) is 0 Å². The molecular weight excluding hydrogens is 204 g/mol. The molecule has 1 rings (SSSR count). The number of carbonyl (C=O) groups is 1. The highest BCUT2D eigenvalue weighted by molar-refractivity contribution is 5.75. The van der Waals surface area contributed by atoms with Crippen LogP contribution in [-0.4, -0.2) is 60.6 Å². The zero-order valence-corrected chi connectivity index (χ0v) is 10.5. The first kappa shape index (κ1) is 13.5. The van der Waals surface area contributed by atoms with Gasteiger partial charge in [0.15, 0.2) is 0 Å². The van der Waals surface area contributed by atoms with Crippen LogP contribution >= 0.6 is 0 Å². The van der Waals surface area contributed by atoms with Crippen LogP contribution < -0.4 is 0 Å². The monoisotopic (exact) mass is 228 g/mol. The minimum atomic E-state index is 0.192. The fourth-order valence-electron chi connectivity index (χ4n) is 2.01. The van der Waals surface area contributed by atoms with E-state index in [9.17, 15) is 4.79 Å². The fraction of sp³-hybridized carbons (Fsp3) is 0.917. The zero-order valence-electron chi connectivity index (χ0n) is 10.5. The maximum absolute atomic E-state index is 11.4. The predicted molar refractivity (Wildman–Crippen MR) is 64.2 cm³/mol. The Morgan fingerprint density at radius 1 is 1.31 bits per heavy atom. The lowest BCUT2D eigenvalue weighted by molar-refractivity contribution is -0.128. The van der Waals surface area contributed by atoms with Crippen LogP contribution in [0.1, 0.15) is 32.1 Å². The van der Waals surface area contributed by atoms with Gasteiger partial charge in [-0.25, -0.2) is 0 Å². The summed E-state index contributed by atoms with van der Waals surface area (Å²) in [6.07, 6.45) is 5.32. The molecule has 1 amide bonds. The summed E-state index contributed by atoms with van der Waals surface area (Å²) in [5, 5.41) is 8.99. The minimum absolute atomic E-state index is 0.192. The quantitative estimate of drug-likeness (QED) is 0.697. The second-order valence-electron chi connectivity index (χ2n) is 4.74. The fourth-order valence-corrected chi connectivity index (χ4v) is 2.01. The van der Waals surface area contributed by atoms with E-state index in [0.717, 1.165) is 19.5 Å². The Morgan fingerprint density at radius 2 is 2.00 bits per heavy atom. The highest BCUT2D eigenvalue weighted by atomic mass is 16.3. The predicted octanol–water partition coefficient (Wildman–Crippen LogP) is 0.702. The van der Waals surface area contributed by atoms with Crippen molar-refractivity contribution in [2.75, 3.05) is 33.8 Å². The van der Waals surface area contributed by atoms with Crippen molar-refractivity contribution in [3.63, 3.8) is 0 Å². The summed E-state index contributed by atoms with van der Waals surface area (Å²) in [6.45, 7) is 1.91. The number of hydrogen-bond acceptors (Lipinski definition) is 3. The van der Waals surface area contributed by atoms with E-state index in [1.54, 1.807) is 19.0 Å². The highest BCUT2D eigenvalue weighted by Gasteiger charge is 2.24. The molecule has 0 radical (unpaired) electrons. The molecule has 0 heterocycles. The third kappa shape index (κ3) is 4.10. The molecule has 4 heteroatoms. The van der Waals surface area contributed by atoms with Crippen LogP contribution in [0.15, 0.2) is 0 Å². The molecule has 0 spiro atoms. The number of aliphatic hydroxyl groups excluding tert-OH is 1. The molecule has 0 atom stereocenters. The van der Waals surface area contributed by atoms with Gasteiger partial charge in [0.1, 0.15) is 0 Å². The van der Waals surface area contributed by atoms with E-state index >= 15 is 0 Å². The maximum atomic E-state index is 11.4. The summed E-state index contributed by atoms with van der Waals surface area (Å²) in [5.74, 6) is 0.192. The summed E-state index contributed by atoms with van der Waals surface area (Å²) in [5.41, 5.74) is 0. The summed E-state index contributed by atoms with van der Waals surface area (Å²) in [4.78, 5) is 15.4. The maximum Gasteiger partial charge on any atom is 0.222 e. The molecule has 0 bridgehead atoms. The van der Waals surface area contributed by atoms with Crippen LogP contribution in [0, 0.1) is 0 Å². The van der Waals surface area contributed by atoms with Gasteiger partial charge in [-0.15, -0.1) is 0 Å². The lowest BCUT2D eigenvalue weighted by Crippen LogP contribution is -2.42. The SMILES string of the molecule is CN(C)C(=O)CCCN(CCO)C1CCC1. The smallest absolute Gasteiger partial charge is 0.222 e. The van der Waals surface area contributed by atoms with Crippen LogP contribution in [0.5, 0.6) is 0 Å². The van der Waals surface area contributed by atoms with Crippen LogP contribution in [0.3, 0.4) is 0 Å². The van der Waals surface area contributed by atoms with Gasteiger partial charge in [-0.05, 0) is 25.8 Å². The first-order valence-electron chi connectivity index (χ1n) is 6.20. The van der Waals surface area contributed by atoms with Gasteiger partial charge in [0.05, 0.1) is 6.61 Å². The molecule has 0 saturated heterocycles. The molecule has 94 valence electrons. The van der Waals surface area contributed by atoms with E-state index in [1.165, 1.54) is 19.3 Å². The number of amides is 1. The molecule has 0 aliphatic heterocycles. The normalized spacial score (nSPS) is 16.2. The van der Waals surface area contributed by atoms with E-state index < -0.39 is 0 Å². The second-order valence-corrected chi connectivity index (χ2v) is 4.74. The molecule has 16 heavy (non-hydrogen) atoms. The first-order valence-corrected chi connectivity index (χ1v) is 6.20. The van der Waals surface area contributed by atoms with Crippen LogP contribution in [0.2, 0.25) is 0 Å². The lowest BCUT2D eigenvalue weighted by Gasteiger charge is -2.37. The summed E-state index contributed by atoms with van der Waals surface area (Å²) in [7, 11) is 3.58. The molecule has 1 aliphatic rings. The van der Waals surface area contributed by atoms with Crippen LogP contribution in [0.25, 0.3) is 0 Å². The standard InChI is InChI=1S/C12H24N2O2/c1-13(2)12(16)7-4-8-14(9-10-15)11-5-3-6-11/h11,15H,3-10H2,1-2H3. The third-order valence-corrected chi connectivity index (χ3v) is 3.31. The van der Waals surface area contributed by atoms with Gasteiger partial charge < -0.3 is 10.0 Å². The van der Waals surface area contributed by atoms with Gasteiger partial charge in [0.25, 0.3) is 0 Å². The molecular formula is C12H24N2O2. The molecule has 1 fully saturated rings. The van der Waals surface area contributed by atoms with Crippen molar-refractivity contribution < 1.29 is 9.90 Å². The van der Waals surface area contributed by atoms with Crippen LogP contribution in [0.4, 0.5) is 0 Å². The van der Waals surface area contributed by atoms with E-state index in [2.05, 4.69) is 4.90 Å². The Morgan fingerprint density at radius 3 is 2.44 bits per heavy atom. The molecule has 4 nitrogen and oxygen atoms in total. The lowest BCUT2D eigenvalue weighted by atomic mass is 9.91. The molecule has 1 aliphatic carbocycles. The first-order chi connectivity index (χ1) is 7.65. The Hall–Kier alpha value is -0.610. The Kier molecular flexibility index (Phi) is 5.77. The Balaban J connectivity index is 2.19. The number of hydrogen-bond donors (Lipinski definition) is 1. The number of aliphatic hydroxyl groups is 1. The van der Waals surface area contributed by atoms with Crippen molar-refractivity contribution in [2.45, 2.75) is 38.1 Å². The molecule has 0 aromatic carbocycles. The molecule has 0 aromatic heterocycles. The number of rotatable bonds is 7. The third-order valence-electron chi connectivity index (χ3n) is 3.31. The van der Waals surface area contributed by atoms with Gasteiger partial charge in [-0.3, -0.25) is 9.69 Å². The number of carbonyl (C=O) groups excluding carboxylic acids is 1. The van der Waals surface area contributed by atoms with Crippen molar-refractivity contribution in [2.24, 2.45) is 0 Å². The van der Waals surface area contributed by atoms with Gasteiger partial charge in [-0.1, -0.05) is 6.42 Å². The average Bonchev–Trinajstić information content (AvgIpc) is 2.14. The molecule has 0 aromatic rings. The Bertz CT molecular complexity index is 215. The van der Waals surface area contributed by atoms with E-state index in [1.807, 2.05) is 0 Å². The summed E-state index contributed by atoms with van der Waals surface area (Å²) < 4.78 is 0. The number of nitrogens with zero attached hydrogens (tertiary/aromatic N) is 2. The van der Waals surface area contributed by atoms with Gasteiger partial charge in [-0.2, -0.15) is 0 Å². The molecule has 1 saturated carbocycles. The van der Waals surface area contributed by atoms with Gasteiger partial charge in [0, 0.05) is 33.1 Å². The van der Waals surface area contributed by atoms with Gasteiger partial charge >= 0.3 is 0 Å². The highest BCUT2D eigenvalue weighted by Crippen LogP contribution is 2.24.